The van der Waals surface area contributed by atoms with E-state index in [0.29, 0.717) is 5.92 Å². The normalized spacial score (nSPS) is 16.8. The molecule has 7 N–H and O–H groups in total. The summed E-state index contributed by atoms with van der Waals surface area (Å²) in [5, 5.41) is 29.7. The summed E-state index contributed by atoms with van der Waals surface area (Å²) in [4.78, 5) is 34.1. The molecule has 1 radical (unpaired) electrons. The quantitative estimate of drug-likeness (QED) is 0.105. The SMILES string of the molecule is C.C.C.CC(=O)O.CC(=O)O.CC(=O)O.CCCC1CC=CCC1.CCCC1CCC(N=[N+]=[N-])C(N=[N+]=[N-])C1.O.O.[Mn].[N-]=[N+]=[N-].[Na+]. The van der Waals surface area contributed by atoms with Crippen LogP contribution in [0.15, 0.2) is 22.4 Å². The van der Waals surface area contributed by atoms with Gasteiger partial charge in [0.2, 0.25) is 0 Å². The number of carboxylic acids is 3. The molecule has 17 nitrogen and oxygen atoms in total. The molecule has 46 heavy (non-hydrogen) atoms. The Labute approximate surface area is 308 Å². The predicted octanol–water partition coefficient (Wildman–Crippen LogP) is 5.49. The molecule has 0 spiro atoms. The molecular weight excluding hydrogens is 656 g/mol. The molecule has 4 atom stereocenters. The van der Waals surface area contributed by atoms with Gasteiger partial charge in [0.05, 0.1) is 0 Å². The largest absolute Gasteiger partial charge is 1.00 e. The molecule has 2 rings (SSSR count). The smallest absolute Gasteiger partial charge is 0.481 e. The number of nitrogens with zero attached hydrogens (tertiary/aromatic N) is 9. The van der Waals surface area contributed by atoms with E-state index in [-0.39, 0.29) is 91.9 Å². The Morgan fingerprint density at radius 3 is 1.37 bits per heavy atom. The van der Waals surface area contributed by atoms with Crippen molar-refractivity contribution >= 4 is 17.9 Å². The first-order valence-electron chi connectivity index (χ1n) is 12.7. The minimum Gasteiger partial charge on any atom is -0.481 e. The first-order chi connectivity index (χ1) is 18.4. The van der Waals surface area contributed by atoms with Crippen molar-refractivity contribution in [3.63, 3.8) is 0 Å². The predicted molar refractivity (Wildman–Crippen MR) is 177 cm³/mol. The second-order valence-electron chi connectivity index (χ2n) is 8.60. The maximum absolute atomic E-state index is 9.00. The Hall–Kier alpha value is -2.48. The van der Waals surface area contributed by atoms with Crippen LogP contribution in [0.25, 0.3) is 36.9 Å². The molecule has 0 bridgehead atoms. The summed E-state index contributed by atoms with van der Waals surface area (Å²) in [6.45, 7) is 7.68. The van der Waals surface area contributed by atoms with Gasteiger partial charge in [-0.3, -0.25) is 19.3 Å². The van der Waals surface area contributed by atoms with Crippen molar-refractivity contribution < 1.29 is 87.3 Å². The van der Waals surface area contributed by atoms with Crippen molar-refractivity contribution in [3.05, 3.63) is 49.0 Å². The number of rotatable bonds is 6. The van der Waals surface area contributed by atoms with Crippen LogP contribution in [0.4, 0.5) is 0 Å². The van der Waals surface area contributed by atoms with E-state index in [2.05, 4.69) is 46.1 Å². The van der Waals surface area contributed by atoms with Gasteiger partial charge in [0.1, 0.15) is 0 Å². The number of carbonyl (C=O) groups is 3. The minimum atomic E-state index is -0.833. The van der Waals surface area contributed by atoms with Crippen molar-refractivity contribution in [2.24, 2.45) is 22.1 Å². The zero-order chi connectivity index (χ0) is 31.1. The fraction of sp³-hybridized carbons (Fsp3) is 0.815. The molecule has 0 aromatic rings. The van der Waals surface area contributed by atoms with E-state index in [1.807, 2.05) is 0 Å². The number of carboxylic acid groups (broad SMARTS) is 3. The molecule has 4 unspecified atom stereocenters. The van der Waals surface area contributed by atoms with E-state index in [4.69, 9.17) is 51.8 Å². The Morgan fingerprint density at radius 1 is 0.717 bits per heavy atom. The molecular formula is C27H60MnN9NaO8. The van der Waals surface area contributed by atoms with Gasteiger partial charge in [-0.1, -0.05) is 90.6 Å². The maximum atomic E-state index is 9.00. The Morgan fingerprint density at radius 2 is 1.07 bits per heavy atom. The Kier molecular flexibility index (Phi) is 94.0. The van der Waals surface area contributed by atoms with Crippen LogP contribution in [0.2, 0.25) is 0 Å². The van der Waals surface area contributed by atoms with Gasteiger partial charge in [-0.05, 0) is 55.0 Å². The van der Waals surface area contributed by atoms with Crippen LogP contribution >= 0.6 is 0 Å². The molecule has 269 valence electrons. The second kappa shape index (κ2) is 58.1. The van der Waals surface area contributed by atoms with E-state index >= 15 is 0 Å². The van der Waals surface area contributed by atoms with Gasteiger partial charge in [-0.25, -0.2) is 0 Å². The van der Waals surface area contributed by atoms with Crippen LogP contribution in [0.3, 0.4) is 0 Å². The van der Waals surface area contributed by atoms with Crippen molar-refractivity contribution in [1.29, 1.82) is 0 Å². The third-order valence-corrected chi connectivity index (χ3v) is 5.06. The van der Waals surface area contributed by atoms with Crippen molar-refractivity contribution in [2.45, 2.75) is 133 Å². The summed E-state index contributed by atoms with van der Waals surface area (Å²) < 4.78 is 0. The Balaban J connectivity index is -0.0000000384. The summed E-state index contributed by atoms with van der Waals surface area (Å²) in [6, 6.07) is -0.282. The summed E-state index contributed by atoms with van der Waals surface area (Å²) in [5.41, 5.74) is 30.3. The van der Waals surface area contributed by atoms with Crippen LogP contribution in [-0.4, -0.2) is 56.3 Å². The molecule has 0 aliphatic heterocycles. The van der Waals surface area contributed by atoms with Crippen molar-refractivity contribution in [1.82, 2.24) is 0 Å². The van der Waals surface area contributed by atoms with Gasteiger partial charge in [0, 0.05) is 59.7 Å². The van der Waals surface area contributed by atoms with Crippen LogP contribution in [-0.2, 0) is 31.5 Å². The van der Waals surface area contributed by atoms with Gasteiger partial charge in [-0.2, -0.15) is 0 Å². The van der Waals surface area contributed by atoms with Gasteiger partial charge in [0.25, 0.3) is 17.9 Å². The minimum absolute atomic E-state index is 0. The topological polar surface area (TPSA) is 331 Å². The molecule has 2 aliphatic rings. The van der Waals surface area contributed by atoms with Crippen molar-refractivity contribution in [3.8, 4) is 0 Å². The summed E-state index contributed by atoms with van der Waals surface area (Å²) in [7, 11) is 0. The first kappa shape index (κ1) is 74.4. The van der Waals surface area contributed by atoms with Gasteiger partial charge in [0.15, 0.2) is 0 Å². The maximum Gasteiger partial charge on any atom is 1.00 e. The molecule has 2 aliphatic carbocycles. The van der Waals surface area contributed by atoms with Gasteiger partial charge < -0.3 is 37.3 Å². The summed E-state index contributed by atoms with van der Waals surface area (Å²) in [6.07, 6.45) is 16.6. The monoisotopic (exact) mass is 716 g/mol. The fourth-order valence-corrected chi connectivity index (χ4v) is 3.80. The number of aliphatic carboxylic acids is 3. The number of hydrogen-bond donors (Lipinski definition) is 3. The van der Waals surface area contributed by atoms with Gasteiger partial charge >= 0.3 is 29.6 Å². The van der Waals surface area contributed by atoms with Crippen molar-refractivity contribution in [2.75, 3.05) is 0 Å². The number of azide groups is 2. The van der Waals surface area contributed by atoms with Gasteiger partial charge in [-0.15, -0.1) is 0 Å². The van der Waals surface area contributed by atoms with E-state index in [1.54, 1.807) is 0 Å². The van der Waals surface area contributed by atoms with Crippen LogP contribution in [0.1, 0.15) is 121 Å². The van der Waals surface area contributed by atoms with Crippen LogP contribution in [0, 0.1) is 11.8 Å². The van der Waals surface area contributed by atoms with E-state index in [1.165, 1.54) is 43.4 Å². The zero-order valence-electron chi connectivity index (χ0n) is 26.0. The van der Waals surface area contributed by atoms with Crippen LogP contribution in [0.5, 0.6) is 0 Å². The molecule has 0 aromatic heterocycles. The molecule has 1 fully saturated rings. The molecule has 0 amide bonds. The van der Waals surface area contributed by atoms with E-state index < -0.39 is 17.9 Å². The number of hydrogen-bond acceptors (Lipinski definition) is 5. The van der Waals surface area contributed by atoms with E-state index in [9.17, 15) is 0 Å². The third-order valence-electron chi connectivity index (χ3n) is 5.06. The first-order valence-corrected chi connectivity index (χ1v) is 12.7. The molecule has 19 heteroatoms. The molecule has 0 heterocycles. The standard InChI is InChI=1S/C9H16N6.C9H16.3C2H4O2.3CH4.Mn.N3.Na.2H2O/c1-2-3-7-4-5-8(12-14-10)9(6-7)13-15-11;1-2-6-9-7-4-3-5-8-9;3*1-2(3)4;;;;;1-3-2;;;/h7-9H,2-6H2,1H3;3-4,9H,2,5-8H2,1H3;3*1H3,(H,3,4);3*1H4;;;;2*1H2/q;;;;;;;;;-1;+1;;. The fourth-order valence-electron chi connectivity index (χ4n) is 3.80. The second-order valence-corrected chi connectivity index (χ2v) is 8.60. The average molecular weight is 717 g/mol. The zero-order valence-corrected chi connectivity index (χ0v) is 29.2. The summed E-state index contributed by atoms with van der Waals surface area (Å²) in [5.74, 6) is -0.865. The molecule has 0 saturated heterocycles. The van der Waals surface area contributed by atoms with E-state index in [0.717, 1.165) is 52.4 Å². The molecule has 1 saturated carbocycles. The number of allylic oxidation sites excluding steroid dienone is 2. The summed E-state index contributed by atoms with van der Waals surface area (Å²) >= 11 is 0. The van der Waals surface area contributed by atoms with Crippen LogP contribution < -0.4 is 29.6 Å². The average Bonchev–Trinajstić information content (AvgIpc) is 2.82. The third kappa shape index (κ3) is 73.2. The Bertz CT molecular complexity index is 799. The molecule has 0 aromatic carbocycles.